The summed E-state index contributed by atoms with van der Waals surface area (Å²) in [6.07, 6.45) is -0.756. The maximum Gasteiger partial charge on any atom is 0.326 e. The van der Waals surface area contributed by atoms with Gasteiger partial charge in [-0.3, -0.25) is 19.1 Å². The van der Waals surface area contributed by atoms with Gasteiger partial charge in [0.2, 0.25) is 0 Å². The van der Waals surface area contributed by atoms with Crippen molar-refractivity contribution in [3.63, 3.8) is 0 Å². The van der Waals surface area contributed by atoms with Gasteiger partial charge < -0.3 is 20.0 Å². The van der Waals surface area contributed by atoms with E-state index in [-0.39, 0.29) is 19.5 Å². The van der Waals surface area contributed by atoms with Crippen LogP contribution in [0.15, 0.2) is 0 Å². The maximum absolute atomic E-state index is 10.6. The summed E-state index contributed by atoms with van der Waals surface area (Å²) in [7, 11) is -4.19. The standard InChI is InChI=1S/C7H14NO7P/c9-6(10)1-2-8(5-7(11)12)3-4-16(13,14)15/h1-5H2,(H,9,10)(H,11,12)(H2,13,14,15). The normalized spacial score (nSPS) is 11.7. The van der Waals surface area contributed by atoms with E-state index in [0.29, 0.717) is 0 Å². The van der Waals surface area contributed by atoms with Crippen LogP contribution < -0.4 is 0 Å². The molecule has 0 radical (unpaired) electrons. The number of nitrogens with zero attached hydrogens (tertiary/aromatic N) is 1. The fourth-order valence-electron chi connectivity index (χ4n) is 0.987. The molecule has 0 aliphatic carbocycles. The molecule has 0 heterocycles. The third kappa shape index (κ3) is 9.60. The first kappa shape index (κ1) is 15.0. The summed E-state index contributed by atoms with van der Waals surface area (Å²) < 4.78 is 10.6. The van der Waals surface area contributed by atoms with Gasteiger partial charge in [0.15, 0.2) is 0 Å². The van der Waals surface area contributed by atoms with Crippen LogP contribution in [0.1, 0.15) is 6.42 Å². The molecule has 8 nitrogen and oxygen atoms in total. The zero-order chi connectivity index (χ0) is 12.8. The maximum atomic E-state index is 10.6. The van der Waals surface area contributed by atoms with Crippen molar-refractivity contribution < 1.29 is 34.2 Å². The summed E-state index contributed by atoms with van der Waals surface area (Å²) in [4.78, 5) is 39.0. The largest absolute Gasteiger partial charge is 0.481 e. The lowest BCUT2D eigenvalue weighted by molar-refractivity contribution is -0.141. The molecule has 0 aromatic carbocycles. The van der Waals surface area contributed by atoms with Gasteiger partial charge >= 0.3 is 19.5 Å². The molecule has 16 heavy (non-hydrogen) atoms. The quantitative estimate of drug-likeness (QED) is 0.406. The summed E-state index contributed by atoms with van der Waals surface area (Å²) in [5.41, 5.74) is 0. The summed E-state index contributed by atoms with van der Waals surface area (Å²) in [6, 6.07) is 0. The molecule has 0 saturated heterocycles. The average Bonchev–Trinajstić information content (AvgIpc) is 2.07. The molecule has 0 fully saturated rings. The van der Waals surface area contributed by atoms with Gasteiger partial charge in [-0.05, 0) is 0 Å². The SMILES string of the molecule is O=C(O)CCN(CCP(=O)(O)O)CC(=O)O. The van der Waals surface area contributed by atoms with Crippen LogP contribution in [0.2, 0.25) is 0 Å². The lowest BCUT2D eigenvalue weighted by Crippen LogP contribution is -2.34. The molecule has 94 valence electrons. The number of rotatable bonds is 8. The highest BCUT2D eigenvalue weighted by Gasteiger charge is 2.17. The van der Waals surface area contributed by atoms with Crippen LogP contribution in [0.25, 0.3) is 0 Å². The highest BCUT2D eigenvalue weighted by Crippen LogP contribution is 2.33. The van der Waals surface area contributed by atoms with Crippen LogP contribution >= 0.6 is 7.60 Å². The van der Waals surface area contributed by atoms with Gasteiger partial charge in [0, 0.05) is 13.1 Å². The number of carboxylic acids is 2. The first-order valence-corrected chi connectivity index (χ1v) is 6.21. The topological polar surface area (TPSA) is 135 Å². The predicted octanol–water partition coefficient (Wildman–Crippen LogP) is -0.975. The van der Waals surface area contributed by atoms with Crippen LogP contribution in [0.4, 0.5) is 0 Å². The molecular weight excluding hydrogens is 241 g/mol. The van der Waals surface area contributed by atoms with Gasteiger partial charge in [-0.2, -0.15) is 0 Å². The van der Waals surface area contributed by atoms with E-state index in [1.54, 1.807) is 0 Å². The minimum atomic E-state index is -4.19. The van der Waals surface area contributed by atoms with Crippen LogP contribution in [-0.2, 0) is 14.2 Å². The molecule has 0 amide bonds. The monoisotopic (exact) mass is 255 g/mol. The van der Waals surface area contributed by atoms with E-state index in [1.807, 2.05) is 0 Å². The minimum absolute atomic E-state index is 0.0539. The second kappa shape index (κ2) is 6.59. The van der Waals surface area contributed by atoms with Crippen molar-refractivity contribution in [1.29, 1.82) is 0 Å². The molecule has 9 heteroatoms. The molecule has 0 atom stereocenters. The molecule has 0 unspecified atom stereocenters. The number of aliphatic carboxylic acids is 2. The Morgan fingerprint density at radius 3 is 2.00 bits per heavy atom. The lowest BCUT2D eigenvalue weighted by Gasteiger charge is -2.19. The Bertz CT molecular complexity index is 299. The third-order valence-electron chi connectivity index (χ3n) is 1.71. The highest BCUT2D eigenvalue weighted by atomic mass is 31.2. The molecule has 0 aliphatic heterocycles. The van der Waals surface area contributed by atoms with Crippen molar-refractivity contribution in [2.75, 3.05) is 25.8 Å². The molecule has 0 saturated carbocycles. The first-order chi connectivity index (χ1) is 7.20. The van der Waals surface area contributed by atoms with E-state index in [0.717, 1.165) is 0 Å². The Hall–Kier alpha value is -0.950. The smallest absolute Gasteiger partial charge is 0.326 e. The molecule has 0 bridgehead atoms. The van der Waals surface area contributed by atoms with Gasteiger partial charge in [0.25, 0.3) is 0 Å². The van der Waals surface area contributed by atoms with E-state index < -0.39 is 32.2 Å². The van der Waals surface area contributed by atoms with Crippen LogP contribution in [0.3, 0.4) is 0 Å². The fourth-order valence-corrected chi connectivity index (χ4v) is 1.53. The van der Waals surface area contributed by atoms with E-state index in [4.69, 9.17) is 20.0 Å². The van der Waals surface area contributed by atoms with E-state index in [2.05, 4.69) is 0 Å². The minimum Gasteiger partial charge on any atom is -0.481 e. The molecule has 4 N–H and O–H groups in total. The Labute approximate surface area is 91.7 Å². The summed E-state index contributed by atoms with van der Waals surface area (Å²) in [6.45, 7) is -0.640. The molecule has 0 rings (SSSR count). The van der Waals surface area contributed by atoms with Crippen LogP contribution in [0.5, 0.6) is 0 Å². The molecule has 0 aromatic rings. The van der Waals surface area contributed by atoms with Crippen molar-refractivity contribution in [2.24, 2.45) is 0 Å². The average molecular weight is 255 g/mol. The second-order valence-corrected chi connectivity index (χ2v) is 4.98. The zero-order valence-electron chi connectivity index (χ0n) is 8.44. The van der Waals surface area contributed by atoms with Crippen molar-refractivity contribution in [1.82, 2.24) is 4.90 Å². The van der Waals surface area contributed by atoms with Gasteiger partial charge in [-0.15, -0.1) is 0 Å². The zero-order valence-corrected chi connectivity index (χ0v) is 9.34. The van der Waals surface area contributed by atoms with Gasteiger partial charge in [0.1, 0.15) is 0 Å². The number of carbonyl (C=O) groups is 2. The van der Waals surface area contributed by atoms with Crippen molar-refractivity contribution >= 4 is 19.5 Å². The van der Waals surface area contributed by atoms with E-state index in [1.165, 1.54) is 4.90 Å². The molecular formula is C7H14NO7P. The number of hydrogen-bond acceptors (Lipinski definition) is 4. The van der Waals surface area contributed by atoms with Gasteiger partial charge in [-0.1, -0.05) is 0 Å². The van der Waals surface area contributed by atoms with Crippen molar-refractivity contribution in [3.8, 4) is 0 Å². The molecule has 0 aliphatic rings. The van der Waals surface area contributed by atoms with Crippen molar-refractivity contribution in [3.05, 3.63) is 0 Å². The third-order valence-corrected chi connectivity index (χ3v) is 2.49. The Morgan fingerprint density at radius 1 is 1.06 bits per heavy atom. The first-order valence-electron chi connectivity index (χ1n) is 4.41. The Kier molecular flexibility index (Phi) is 6.20. The number of carboxylic acid groups (broad SMARTS) is 2. The van der Waals surface area contributed by atoms with Gasteiger partial charge in [-0.25, -0.2) is 0 Å². The molecule has 0 aromatic heterocycles. The van der Waals surface area contributed by atoms with Crippen molar-refractivity contribution in [2.45, 2.75) is 6.42 Å². The van der Waals surface area contributed by atoms with E-state index in [9.17, 15) is 14.2 Å². The highest BCUT2D eigenvalue weighted by molar-refractivity contribution is 7.51. The molecule has 0 spiro atoms. The Balaban J connectivity index is 4.15. The summed E-state index contributed by atoms with van der Waals surface area (Å²) >= 11 is 0. The van der Waals surface area contributed by atoms with Gasteiger partial charge in [0.05, 0.1) is 19.1 Å². The van der Waals surface area contributed by atoms with Crippen LogP contribution in [-0.4, -0.2) is 62.6 Å². The Morgan fingerprint density at radius 2 is 1.62 bits per heavy atom. The van der Waals surface area contributed by atoms with Crippen LogP contribution in [0, 0.1) is 0 Å². The fraction of sp³-hybridized carbons (Fsp3) is 0.714. The summed E-state index contributed by atoms with van der Waals surface area (Å²) in [5, 5.41) is 16.9. The second-order valence-electron chi connectivity index (χ2n) is 3.20. The van der Waals surface area contributed by atoms with E-state index >= 15 is 0 Å². The lowest BCUT2D eigenvalue weighted by atomic mass is 10.3. The predicted molar refractivity (Wildman–Crippen MR) is 53.2 cm³/mol. The number of hydrogen-bond donors (Lipinski definition) is 4. The summed E-state index contributed by atoms with van der Waals surface area (Å²) in [5.74, 6) is -2.26.